The molecule has 0 spiro atoms. The number of aliphatic carboxylic acids is 1. The maximum absolute atomic E-state index is 13.3. The molecule has 20 heavy (non-hydrogen) atoms. The zero-order chi connectivity index (χ0) is 14.8. The number of benzene rings is 1. The Hall–Kier alpha value is -2.43. The van der Waals surface area contributed by atoms with E-state index in [1.54, 1.807) is 12.1 Å². The Labute approximate surface area is 116 Å². The predicted octanol–water partition coefficient (Wildman–Crippen LogP) is 2.94. The molecule has 1 atom stereocenters. The van der Waals surface area contributed by atoms with Gasteiger partial charge in [-0.2, -0.15) is 0 Å². The van der Waals surface area contributed by atoms with Crippen LogP contribution < -0.4 is 5.32 Å². The molecule has 1 heterocycles. The number of anilines is 1. The van der Waals surface area contributed by atoms with Gasteiger partial charge in [0.2, 0.25) is 0 Å². The Morgan fingerprint density at radius 3 is 2.50 bits per heavy atom. The summed E-state index contributed by atoms with van der Waals surface area (Å²) in [6.07, 6.45) is 2.38. The van der Waals surface area contributed by atoms with Gasteiger partial charge in [0.25, 0.3) is 0 Å². The number of nitrogens with one attached hydrogen (secondary N) is 1. The van der Waals surface area contributed by atoms with Crippen LogP contribution in [0, 0.1) is 12.7 Å². The van der Waals surface area contributed by atoms with Gasteiger partial charge in [0.1, 0.15) is 5.82 Å². The summed E-state index contributed by atoms with van der Waals surface area (Å²) in [5, 5.41) is 12.4. The minimum absolute atomic E-state index is 0.255. The molecule has 2 N–H and O–H groups in total. The lowest BCUT2D eigenvalue weighted by Crippen LogP contribution is -2.40. The van der Waals surface area contributed by atoms with Gasteiger partial charge in [0.15, 0.2) is 5.54 Å². The molecular weight excluding hydrogens is 259 g/mol. The topological polar surface area (TPSA) is 62.2 Å². The van der Waals surface area contributed by atoms with Crippen LogP contribution in [-0.2, 0) is 10.3 Å². The Balaban J connectivity index is 2.39. The molecule has 2 aromatic rings. The van der Waals surface area contributed by atoms with Gasteiger partial charge in [-0.25, -0.2) is 9.18 Å². The first kappa shape index (κ1) is 14.0. The fraction of sp³-hybridized carbons (Fsp3) is 0.200. The molecule has 0 radical (unpaired) electrons. The summed E-state index contributed by atoms with van der Waals surface area (Å²) in [7, 11) is 0. The van der Waals surface area contributed by atoms with Gasteiger partial charge < -0.3 is 10.4 Å². The van der Waals surface area contributed by atoms with E-state index in [2.05, 4.69) is 10.3 Å². The van der Waals surface area contributed by atoms with E-state index in [1.807, 2.05) is 19.1 Å². The van der Waals surface area contributed by atoms with E-state index < -0.39 is 17.3 Å². The molecule has 0 saturated carbocycles. The van der Waals surface area contributed by atoms with Crippen molar-refractivity contribution < 1.29 is 14.3 Å². The highest BCUT2D eigenvalue weighted by molar-refractivity contribution is 5.84. The van der Waals surface area contributed by atoms with Crippen molar-refractivity contribution in [2.24, 2.45) is 0 Å². The second-order valence-electron chi connectivity index (χ2n) is 4.81. The summed E-state index contributed by atoms with van der Waals surface area (Å²) in [6.45, 7) is 3.42. The maximum atomic E-state index is 13.3. The largest absolute Gasteiger partial charge is 0.479 e. The average Bonchev–Trinajstić information content (AvgIpc) is 2.41. The second kappa shape index (κ2) is 5.28. The number of halogens is 1. The van der Waals surface area contributed by atoms with E-state index in [9.17, 15) is 14.3 Å². The number of hydrogen-bond acceptors (Lipinski definition) is 3. The molecule has 1 unspecified atom stereocenters. The van der Waals surface area contributed by atoms with Gasteiger partial charge in [-0.1, -0.05) is 17.7 Å². The summed E-state index contributed by atoms with van der Waals surface area (Å²) in [6, 6.07) is 8.47. The van der Waals surface area contributed by atoms with Gasteiger partial charge in [-0.3, -0.25) is 4.98 Å². The van der Waals surface area contributed by atoms with Gasteiger partial charge in [0, 0.05) is 17.4 Å². The molecule has 1 aromatic carbocycles. The van der Waals surface area contributed by atoms with Crippen LogP contribution in [0.2, 0.25) is 0 Å². The van der Waals surface area contributed by atoms with Crippen molar-refractivity contribution in [2.45, 2.75) is 19.4 Å². The lowest BCUT2D eigenvalue weighted by molar-refractivity contribution is -0.142. The van der Waals surface area contributed by atoms with Crippen LogP contribution in [-0.4, -0.2) is 16.1 Å². The zero-order valence-electron chi connectivity index (χ0n) is 11.2. The minimum atomic E-state index is -1.45. The van der Waals surface area contributed by atoms with E-state index in [1.165, 1.54) is 19.2 Å². The third kappa shape index (κ3) is 2.77. The number of carbonyl (C=O) groups is 1. The number of pyridine rings is 1. The molecular formula is C15H15FN2O2. The molecule has 0 aliphatic heterocycles. The molecule has 0 bridgehead atoms. The average molecular weight is 274 g/mol. The Bertz CT molecular complexity index is 628. The van der Waals surface area contributed by atoms with Gasteiger partial charge in [0.05, 0.1) is 6.20 Å². The highest BCUT2D eigenvalue weighted by atomic mass is 19.1. The summed E-state index contributed by atoms with van der Waals surface area (Å²) in [5.74, 6) is -1.67. The molecule has 4 nitrogen and oxygen atoms in total. The van der Waals surface area contributed by atoms with E-state index in [0.717, 1.165) is 11.8 Å². The molecule has 0 saturated heterocycles. The normalized spacial score (nSPS) is 13.6. The predicted molar refractivity (Wildman–Crippen MR) is 74.0 cm³/mol. The zero-order valence-corrected chi connectivity index (χ0v) is 11.2. The van der Waals surface area contributed by atoms with Crippen molar-refractivity contribution in [2.75, 3.05) is 5.32 Å². The third-order valence-corrected chi connectivity index (χ3v) is 3.16. The summed E-state index contributed by atoms with van der Waals surface area (Å²) in [4.78, 5) is 15.3. The van der Waals surface area contributed by atoms with Gasteiger partial charge >= 0.3 is 5.97 Å². The highest BCUT2D eigenvalue weighted by Gasteiger charge is 2.35. The van der Waals surface area contributed by atoms with E-state index >= 15 is 0 Å². The first-order valence-corrected chi connectivity index (χ1v) is 6.11. The SMILES string of the molecule is Cc1ccc(NC(C)(C(=O)O)c2cncc(F)c2)cc1. The standard InChI is InChI=1S/C15H15FN2O2/c1-10-3-5-13(6-4-10)18-15(2,14(19)20)11-7-12(16)9-17-8-11/h3-9,18H,1-2H3,(H,19,20). The van der Waals surface area contributed by atoms with Crippen LogP contribution in [0.5, 0.6) is 0 Å². The van der Waals surface area contributed by atoms with Crippen molar-refractivity contribution in [1.82, 2.24) is 4.98 Å². The molecule has 5 heteroatoms. The van der Waals surface area contributed by atoms with E-state index in [-0.39, 0.29) is 5.56 Å². The third-order valence-electron chi connectivity index (χ3n) is 3.16. The van der Waals surface area contributed by atoms with Crippen LogP contribution >= 0.6 is 0 Å². The molecule has 0 amide bonds. The lowest BCUT2D eigenvalue weighted by Gasteiger charge is -2.27. The number of carboxylic acids is 1. The smallest absolute Gasteiger partial charge is 0.333 e. The summed E-state index contributed by atoms with van der Waals surface area (Å²) in [5.41, 5.74) is 0.514. The van der Waals surface area contributed by atoms with Crippen molar-refractivity contribution in [3.05, 3.63) is 59.7 Å². The molecule has 0 fully saturated rings. The van der Waals surface area contributed by atoms with Crippen LogP contribution in [0.15, 0.2) is 42.7 Å². The summed E-state index contributed by atoms with van der Waals surface area (Å²) >= 11 is 0. The van der Waals surface area contributed by atoms with Crippen LogP contribution in [0.25, 0.3) is 0 Å². The Morgan fingerprint density at radius 1 is 1.30 bits per heavy atom. The number of rotatable bonds is 4. The number of aromatic nitrogens is 1. The van der Waals surface area contributed by atoms with Crippen LogP contribution in [0.3, 0.4) is 0 Å². The monoisotopic (exact) mass is 274 g/mol. The number of aryl methyl sites for hydroxylation is 1. The second-order valence-corrected chi connectivity index (χ2v) is 4.81. The molecule has 2 rings (SSSR count). The van der Waals surface area contributed by atoms with Crippen LogP contribution in [0.1, 0.15) is 18.1 Å². The first-order chi connectivity index (χ1) is 9.41. The van der Waals surface area contributed by atoms with Crippen molar-refractivity contribution in [3.8, 4) is 0 Å². The highest BCUT2D eigenvalue weighted by Crippen LogP contribution is 2.26. The maximum Gasteiger partial charge on any atom is 0.333 e. The lowest BCUT2D eigenvalue weighted by atomic mass is 9.93. The van der Waals surface area contributed by atoms with Gasteiger partial charge in [-0.15, -0.1) is 0 Å². The van der Waals surface area contributed by atoms with E-state index in [0.29, 0.717) is 5.69 Å². The quantitative estimate of drug-likeness (QED) is 0.899. The number of hydrogen-bond donors (Lipinski definition) is 2. The number of carboxylic acid groups (broad SMARTS) is 1. The fourth-order valence-corrected chi connectivity index (χ4v) is 1.86. The van der Waals surface area contributed by atoms with Crippen molar-refractivity contribution in [1.29, 1.82) is 0 Å². The minimum Gasteiger partial charge on any atom is -0.479 e. The first-order valence-electron chi connectivity index (χ1n) is 6.11. The van der Waals surface area contributed by atoms with E-state index in [4.69, 9.17) is 0 Å². The molecule has 1 aromatic heterocycles. The summed E-state index contributed by atoms with van der Waals surface area (Å²) < 4.78 is 13.3. The molecule has 0 aliphatic rings. The Morgan fingerprint density at radius 2 is 1.95 bits per heavy atom. The molecule has 0 aliphatic carbocycles. The number of nitrogens with zero attached hydrogens (tertiary/aromatic N) is 1. The van der Waals surface area contributed by atoms with Crippen molar-refractivity contribution >= 4 is 11.7 Å². The van der Waals surface area contributed by atoms with Crippen LogP contribution in [0.4, 0.5) is 10.1 Å². The molecule has 104 valence electrons. The van der Waals surface area contributed by atoms with Gasteiger partial charge in [-0.05, 0) is 32.0 Å². The van der Waals surface area contributed by atoms with Crippen molar-refractivity contribution in [3.63, 3.8) is 0 Å². The Kier molecular flexibility index (Phi) is 3.70. The fourth-order valence-electron chi connectivity index (χ4n) is 1.86.